The monoisotopic (exact) mass is 412 g/mol. The van der Waals surface area contributed by atoms with Gasteiger partial charge in [0.25, 0.3) is 5.56 Å². The Labute approximate surface area is 173 Å². The van der Waals surface area contributed by atoms with E-state index in [9.17, 15) is 9.59 Å². The number of hydrogen-bond acceptors (Lipinski definition) is 4. The molecule has 4 nitrogen and oxygen atoms in total. The van der Waals surface area contributed by atoms with Crippen LogP contribution >= 0.6 is 23.4 Å². The molecule has 0 spiro atoms. The summed E-state index contributed by atoms with van der Waals surface area (Å²) in [6.45, 7) is 9.87. The van der Waals surface area contributed by atoms with Crippen molar-refractivity contribution in [3.05, 3.63) is 81.1 Å². The molecule has 2 aromatic carbocycles. The lowest BCUT2D eigenvalue weighted by Gasteiger charge is -2.15. The van der Waals surface area contributed by atoms with Crippen molar-refractivity contribution in [2.45, 2.75) is 37.7 Å². The van der Waals surface area contributed by atoms with E-state index < -0.39 is 5.25 Å². The highest BCUT2D eigenvalue weighted by atomic mass is 35.5. The molecule has 0 N–H and O–H groups in total. The summed E-state index contributed by atoms with van der Waals surface area (Å²) in [5.74, 6) is 0.00343. The molecule has 1 aromatic heterocycles. The summed E-state index contributed by atoms with van der Waals surface area (Å²) in [5, 5.41) is 1.03. The minimum atomic E-state index is -0.394. The Morgan fingerprint density at radius 3 is 2.68 bits per heavy atom. The molecule has 0 aliphatic carbocycles. The average molecular weight is 413 g/mol. The number of carbonyl (C=O) groups excluding carboxylic acids is 1. The Bertz CT molecular complexity index is 1140. The molecule has 0 bridgehead atoms. The van der Waals surface area contributed by atoms with Crippen LogP contribution in [0, 0.1) is 13.8 Å². The van der Waals surface area contributed by atoms with Crippen molar-refractivity contribution in [3.63, 3.8) is 0 Å². The number of aromatic nitrogens is 2. The fourth-order valence-electron chi connectivity index (χ4n) is 2.89. The molecule has 1 heterocycles. The van der Waals surface area contributed by atoms with Gasteiger partial charge in [0.1, 0.15) is 0 Å². The number of benzene rings is 2. The highest BCUT2D eigenvalue weighted by Gasteiger charge is 2.21. The molecule has 0 fully saturated rings. The summed E-state index contributed by atoms with van der Waals surface area (Å²) >= 11 is 7.31. The first-order valence-electron chi connectivity index (χ1n) is 8.91. The van der Waals surface area contributed by atoms with Gasteiger partial charge in [-0.25, -0.2) is 4.98 Å². The Morgan fingerprint density at radius 2 is 2.00 bits per heavy atom. The van der Waals surface area contributed by atoms with Crippen LogP contribution in [0.3, 0.4) is 0 Å². The van der Waals surface area contributed by atoms with Gasteiger partial charge in [0, 0.05) is 17.1 Å². The number of nitrogens with zero attached hydrogens (tertiary/aromatic N) is 2. The Morgan fingerprint density at radius 1 is 1.25 bits per heavy atom. The number of carbonyl (C=O) groups is 1. The molecule has 1 atom stereocenters. The molecule has 0 saturated heterocycles. The predicted octanol–water partition coefficient (Wildman–Crippen LogP) is 5.22. The lowest BCUT2D eigenvalue weighted by atomic mass is 10.0. The van der Waals surface area contributed by atoms with Crippen molar-refractivity contribution in [1.29, 1.82) is 0 Å². The van der Waals surface area contributed by atoms with Crippen LogP contribution in [0.15, 0.2) is 59.0 Å². The molecule has 3 aromatic rings. The van der Waals surface area contributed by atoms with Crippen LogP contribution in [-0.4, -0.2) is 20.6 Å². The quantitative estimate of drug-likeness (QED) is 0.241. The number of halogens is 1. The molecule has 6 heteroatoms. The third-order valence-electron chi connectivity index (χ3n) is 4.64. The normalized spacial score (nSPS) is 12.1. The van der Waals surface area contributed by atoms with Gasteiger partial charge in [-0.05, 0) is 56.2 Å². The molecular formula is C22H21ClN2O2S. The van der Waals surface area contributed by atoms with Gasteiger partial charge in [0.05, 0.1) is 16.2 Å². The lowest BCUT2D eigenvalue weighted by Crippen LogP contribution is -2.24. The molecule has 3 rings (SSSR count). The number of ketones is 1. The number of fused-ring (bicyclic) bond motifs is 1. The zero-order valence-corrected chi connectivity index (χ0v) is 17.6. The van der Waals surface area contributed by atoms with Crippen LogP contribution in [0.2, 0.25) is 5.02 Å². The van der Waals surface area contributed by atoms with E-state index in [4.69, 9.17) is 11.6 Å². The summed E-state index contributed by atoms with van der Waals surface area (Å²) in [4.78, 5) is 30.4. The number of thioether (sulfide) groups is 1. The van der Waals surface area contributed by atoms with Crippen molar-refractivity contribution in [2.75, 3.05) is 0 Å². The lowest BCUT2D eigenvalue weighted by molar-refractivity contribution is 0.0993. The van der Waals surface area contributed by atoms with E-state index >= 15 is 0 Å². The van der Waals surface area contributed by atoms with Crippen LogP contribution in [0.25, 0.3) is 10.9 Å². The molecule has 144 valence electrons. The van der Waals surface area contributed by atoms with E-state index in [1.807, 2.05) is 39.0 Å². The molecule has 0 radical (unpaired) electrons. The van der Waals surface area contributed by atoms with Gasteiger partial charge >= 0.3 is 0 Å². The molecule has 0 unspecified atom stereocenters. The molecule has 0 aliphatic heterocycles. The second-order valence-corrected chi connectivity index (χ2v) is 8.43. The van der Waals surface area contributed by atoms with Crippen LogP contribution in [0.5, 0.6) is 0 Å². The molecule has 28 heavy (non-hydrogen) atoms. The van der Waals surface area contributed by atoms with Crippen LogP contribution in [-0.2, 0) is 6.54 Å². The number of hydrogen-bond donors (Lipinski definition) is 0. The zero-order chi connectivity index (χ0) is 20.4. The topological polar surface area (TPSA) is 52.0 Å². The van der Waals surface area contributed by atoms with Crippen molar-refractivity contribution in [2.24, 2.45) is 0 Å². The smallest absolute Gasteiger partial charge is 0.262 e. The van der Waals surface area contributed by atoms with Gasteiger partial charge in [-0.3, -0.25) is 14.2 Å². The van der Waals surface area contributed by atoms with E-state index in [0.29, 0.717) is 33.2 Å². The first-order valence-corrected chi connectivity index (χ1v) is 10.2. The minimum absolute atomic E-state index is 0.00343. The Balaban J connectivity index is 2.00. The maximum atomic E-state index is 12.9. The number of Topliss-reactive ketones (excluding diaryl/α,β-unsaturated/α-hetero) is 1. The van der Waals surface area contributed by atoms with Gasteiger partial charge in [0.15, 0.2) is 10.9 Å². The molecule has 0 saturated carbocycles. The third kappa shape index (κ3) is 4.05. The summed E-state index contributed by atoms with van der Waals surface area (Å²) < 4.78 is 1.53. The Hall–Kier alpha value is -2.37. The number of allylic oxidation sites excluding steroid dienone is 1. The van der Waals surface area contributed by atoms with Gasteiger partial charge in [0.2, 0.25) is 0 Å². The summed E-state index contributed by atoms with van der Waals surface area (Å²) in [7, 11) is 0. The first-order chi connectivity index (χ1) is 13.3. The van der Waals surface area contributed by atoms with E-state index in [1.54, 1.807) is 24.3 Å². The third-order valence-corrected chi connectivity index (χ3v) is 5.96. The van der Waals surface area contributed by atoms with E-state index in [1.165, 1.54) is 16.3 Å². The van der Waals surface area contributed by atoms with Crippen molar-refractivity contribution >= 4 is 40.0 Å². The summed E-state index contributed by atoms with van der Waals surface area (Å²) in [5.41, 5.74) is 3.25. The molecule has 0 aliphatic rings. The highest BCUT2D eigenvalue weighted by Crippen LogP contribution is 2.26. The second kappa shape index (κ2) is 8.33. The second-order valence-electron chi connectivity index (χ2n) is 6.68. The highest BCUT2D eigenvalue weighted by molar-refractivity contribution is 8.00. The van der Waals surface area contributed by atoms with Gasteiger partial charge < -0.3 is 0 Å². The van der Waals surface area contributed by atoms with Gasteiger partial charge in [-0.1, -0.05) is 41.6 Å². The van der Waals surface area contributed by atoms with Gasteiger partial charge in [-0.2, -0.15) is 0 Å². The van der Waals surface area contributed by atoms with Crippen LogP contribution in [0.4, 0.5) is 0 Å². The van der Waals surface area contributed by atoms with E-state index in [-0.39, 0.29) is 11.3 Å². The Kier molecular flexibility index (Phi) is 6.06. The van der Waals surface area contributed by atoms with Gasteiger partial charge in [-0.15, -0.1) is 6.58 Å². The van der Waals surface area contributed by atoms with E-state index in [2.05, 4.69) is 11.6 Å². The SMILES string of the molecule is C=CCn1c(S[C@@H](C)C(=O)c2ccc(C)c(C)c2)nc2ccc(Cl)cc2c1=O. The van der Waals surface area contributed by atoms with Crippen molar-refractivity contribution in [3.8, 4) is 0 Å². The van der Waals surface area contributed by atoms with Crippen molar-refractivity contribution in [1.82, 2.24) is 9.55 Å². The fourth-order valence-corrected chi connectivity index (χ4v) is 4.06. The molecule has 0 amide bonds. The van der Waals surface area contributed by atoms with E-state index in [0.717, 1.165) is 11.1 Å². The zero-order valence-electron chi connectivity index (χ0n) is 16.0. The first kappa shape index (κ1) is 20.4. The maximum absolute atomic E-state index is 12.9. The average Bonchev–Trinajstić information content (AvgIpc) is 2.67. The minimum Gasteiger partial charge on any atom is -0.293 e. The number of rotatable bonds is 6. The predicted molar refractivity (Wildman–Crippen MR) is 117 cm³/mol. The van der Waals surface area contributed by atoms with Crippen LogP contribution < -0.4 is 5.56 Å². The van der Waals surface area contributed by atoms with Crippen LogP contribution in [0.1, 0.15) is 28.4 Å². The maximum Gasteiger partial charge on any atom is 0.262 e. The van der Waals surface area contributed by atoms with Crippen molar-refractivity contribution < 1.29 is 4.79 Å². The number of aryl methyl sites for hydroxylation is 2. The molecular weight excluding hydrogens is 392 g/mol. The fraction of sp³-hybridized carbons (Fsp3) is 0.227. The summed E-state index contributed by atoms with van der Waals surface area (Å²) in [6, 6.07) is 10.7. The standard InChI is InChI=1S/C22H21ClN2O2S/c1-5-10-25-21(27)18-12-17(23)8-9-19(18)24-22(25)28-15(4)20(26)16-7-6-13(2)14(3)11-16/h5-9,11-12,15H,1,10H2,2-4H3/t15-/m0/s1. The summed E-state index contributed by atoms with van der Waals surface area (Å²) in [6.07, 6.45) is 1.64. The largest absolute Gasteiger partial charge is 0.293 e.